The zero-order chi connectivity index (χ0) is 11.8. The van der Waals surface area contributed by atoms with E-state index in [9.17, 15) is 8.42 Å². The van der Waals surface area contributed by atoms with Crippen molar-refractivity contribution in [2.24, 2.45) is 0 Å². The molecule has 2 rings (SSSR count). The highest BCUT2D eigenvalue weighted by Crippen LogP contribution is 2.22. The highest BCUT2D eigenvalue weighted by molar-refractivity contribution is 7.90. The van der Waals surface area contributed by atoms with Gasteiger partial charge >= 0.3 is 0 Å². The molecule has 16 heavy (non-hydrogen) atoms. The predicted octanol–water partition coefficient (Wildman–Crippen LogP) is 0.0554. The number of fused-ring (bicyclic) bond motifs is 1. The minimum Gasteiger partial charge on any atom is -0.317 e. The van der Waals surface area contributed by atoms with Gasteiger partial charge in [-0.15, -0.1) is 0 Å². The third-order valence-electron chi connectivity index (χ3n) is 2.72. The minimum atomic E-state index is -2.97. The van der Waals surface area contributed by atoms with Crippen molar-refractivity contribution in [1.29, 1.82) is 0 Å². The van der Waals surface area contributed by atoms with Gasteiger partial charge in [0.25, 0.3) is 0 Å². The first-order valence-electron chi connectivity index (χ1n) is 5.21. The molecule has 1 aliphatic rings. The summed E-state index contributed by atoms with van der Waals surface area (Å²) >= 11 is 0. The molecule has 5 nitrogen and oxygen atoms in total. The van der Waals surface area contributed by atoms with Gasteiger partial charge in [0.1, 0.15) is 5.82 Å². The van der Waals surface area contributed by atoms with Crippen molar-refractivity contribution in [2.45, 2.75) is 30.9 Å². The predicted molar refractivity (Wildman–Crippen MR) is 60.6 cm³/mol. The average molecular weight is 241 g/mol. The van der Waals surface area contributed by atoms with Crippen molar-refractivity contribution in [1.82, 2.24) is 15.3 Å². The van der Waals surface area contributed by atoms with Gasteiger partial charge in [0, 0.05) is 24.2 Å². The summed E-state index contributed by atoms with van der Waals surface area (Å²) in [4.78, 5) is 8.49. The molecule has 0 radical (unpaired) electrons. The monoisotopic (exact) mass is 241 g/mol. The minimum absolute atomic E-state index is 0.0613. The summed E-state index contributed by atoms with van der Waals surface area (Å²) in [6.45, 7) is 2.04. The van der Waals surface area contributed by atoms with Gasteiger partial charge in [0.05, 0.1) is 17.2 Å². The van der Waals surface area contributed by atoms with Crippen LogP contribution in [0.15, 0.2) is 6.20 Å². The summed E-state index contributed by atoms with van der Waals surface area (Å²) in [5.41, 5.74) is 1.43. The summed E-state index contributed by atoms with van der Waals surface area (Å²) in [7, 11) is -1.10. The van der Waals surface area contributed by atoms with Crippen LogP contribution in [0, 0.1) is 0 Å². The number of hydrogen-bond donors (Lipinski definition) is 1. The first kappa shape index (κ1) is 11.5. The van der Waals surface area contributed by atoms with Crippen LogP contribution in [0.2, 0.25) is 0 Å². The third-order valence-corrected chi connectivity index (χ3v) is 4.18. The molecule has 0 aliphatic carbocycles. The number of rotatable bonds is 3. The molecule has 1 aliphatic heterocycles. The molecule has 0 amide bonds. The zero-order valence-corrected chi connectivity index (χ0v) is 10.2. The van der Waals surface area contributed by atoms with Crippen molar-refractivity contribution >= 4 is 9.84 Å². The van der Waals surface area contributed by atoms with Crippen LogP contribution in [0.3, 0.4) is 0 Å². The van der Waals surface area contributed by atoms with Crippen molar-refractivity contribution in [2.75, 3.05) is 7.05 Å². The maximum Gasteiger partial charge on any atom is 0.160 e. The topological polar surface area (TPSA) is 72.0 Å². The van der Waals surface area contributed by atoms with Crippen molar-refractivity contribution in [3.63, 3.8) is 0 Å². The SMILES string of the molecule is CNC(C)Cc1ncc2c(n1)CS(=O)(=O)C2. The number of nitrogens with zero attached hydrogens (tertiary/aromatic N) is 2. The Labute approximate surface area is 95.2 Å². The molecular weight excluding hydrogens is 226 g/mol. The molecule has 0 bridgehead atoms. The van der Waals surface area contributed by atoms with Gasteiger partial charge < -0.3 is 5.32 Å². The molecule has 0 aromatic carbocycles. The molecule has 1 N–H and O–H groups in total. The normalized spacial score (nSPS) is 19.4. The van der Waals surface area contributed by atoms with E-state index in [1.165, 1.54) is 0 Å². The molecule has 1 atom stereocenters. The highest BCUT2D eigenvalue weighted by Gasteiger charge is 2.26. The van der Waals surface area contributed by atoms with E-state index in [4.69, 9.17) is 0 Å². The van der Waals surface area contributed by atoms with E-state index in [-0.39, 0.29) is 17.5 Å². The van der Waals surface area contributed by atoms with Gasteiger partial charge in [-0.2, -0.15) is 0 Å². The van der Waals surface area contributed by atoms with Crippen LogP contribution in [0.1, 0.15) is 24.0 Å². The summed E-state index contributed by atoms with van der Waals surface area (Å²) in [6.07, 6.45) is 2.36. The summed E-state index contributed by atoms with van der Waals surface area (Å²) in [5, 5.41) is 3.10. The molecule has 1 unspecified atom stereocenters. The molecule has 0 saturated carbocycles. The Kier molecular flexibility index (Phi) is 2.94. The fourth-order valence-corrected chi connectivity index (χ4v) is 3.18. The quantitative estimate of drug-likeness (QED) is 0.810. The van der Waals surface area contributed by atoms with Crippen molar-refractivity contribution in [3.05, 3.63) is 23.3 Å². The Morgan fingerprint density at radius 2 is 2.25 bits per heavy atom. The highest BCUT2D eigenvalue weighted by atomic mass is 32.2. The van der Waals surface area contributed by atoms with Crippen LogP contribution >= 0.6 is 0 Å². The fourth-order valence-electron chi connectivity index (χ4n) is 1.70. The molecule has 1 aromatic rings. The second-order valence-corrected chi connectivity index (χ2v) is 6.25. The van der Waals surface area contributed by atoms with Gasteiger partial charge in [-0.05, 0) is 14.0 Å². The maximum absolute atomic E-state index is 11.4. The van der Waals surface area contributed by atoms with Crippen LogP contribution in [0.5, 0.6) is 0 Å². The van der Waals surface area contributed by atoms with Gasteiger partial charge in [0.2, 0.25) is 0 Å². The molecule has 0 saturated heterocycles. The standard InChI is InChI=1S/C10H15N3O2S/c1-7(11-2)3-10-12-4-8-5-16(14,15)6-9(8)13-10/h4,7,11H,3,5-6H2,1-2H3. The van der Waals surface area contributed by atoms with E-state index in [0.29, 0.717) is 17.9 Å². The van der Waals surface area contributed by atoms with Gasteiger partial charge in [0.15, 0.2) is 9.84 Å². The van der Waals surface area contributed by atoms with Crippen LogP contribution in [0.4, 0.5) is 0 Å². The largest absolute Gasteiger partial charge is 0.317 e. The Morgan fingerprint density at radius 1 is 1.50 bits per heavy atom. The number of aromatic nitrogens is 2. The molecule has 88 valence electrons. The molecular formula is C10H15N3O2S. The van der Waals surface area contributed by atoms with E-state index < -0.39 is 9.84 Å². The van der Waals surface area contributed by atoms with Crippen molar-refractivity contribution < 1.29 is 8.42 Å². The number of nitrogens with one attached hydrogen (secondary N) is 1. The fraction of sp³-hybridized carbons (Fsp3) is 0.600. The average Bonchev–Trinajstić information content (AvgIpc) is 2.51. The van der Waals surface area contributed by atoms with Gasteiger partial charge in [-0.25, -0.2) is 18.4 Å². The molecule has 0 spiro atoms. The Balaban J connectivity index is 2.22. The first-order valence-corrected chi connectivity index (χ1v) is 7.03. The maximum atomic E-state index is 11.4. The van der Waals surface area contributed by atoms with Gasteiger partial charge in [-0.1, -0.05) is 0 Å². The van der Waals surface area contributed by atoms with Crippen LogP contribution in [-0.2, 0) is 27.8 Å². The zero-order valence-electron chi connectivity index (χ0n) is 9.40. The van der Waals surface area contributed by atoms with E-state index in [0.717, 1.165) is 5.56 Å². The van der Waals surface area contributed by atoms with Gasteiger partial charge in [-0.3, -0.25) is 0 Å². The number of likely N-dealkylation sites (N-methyl/N-ethyl adjacent to an activating group) is 1. The lowest BCUT2D eigenvalue weighted by Gasteiger charge is -2.08. The Morgan fingerprint density at radius 3 is 2.94 bits per heavy atom. The van der Waals surface area contributed by atoms with E-state index >= 15 is 0 Å². The summed E-state index contributed by atoms with van der Waals surface area (Å²) in [6, 6.07) is 0.288. The van der Waals surface area contributed by atoms with E-state index in [1.54, 1.807) is 6.20 Å². The molecule has 6 heteroatoms. The second-order valence-electron chi connectivity index (χ2n) is 4.18. The van der Waals surface area contributed by atoms with Crippen LogP contribution in [0.25, 0.3) is 0 Å². The molecule has 2 heterocycles. The summed E-state index contributed by atoms with van der Waals surface area (Å²) < 4.78 is 22.8. The first-order chi connectivity index (χ1) is 7.50. The Hall–Kier alpha value is -1.01. The van der Waals surface area contributed by atoms with E-state index in [2.05, 4.69) is 15.3 Å². The lowest BCUT2D eigenvalue weighted by atomic mass is 10.2. The van der Waals surface area contributed by atoms with Crippen LogP contribution in [-0.4, -0.2) is 31.5 Å². The van der Waals surface area contributed by atoms with Crippen LogP contribution < -0.4 is 5.32 Å². The van der Waals surface area contributed by atoms with E-state index in [1.807, 2.05) is 14.0 Å². The summed E-state index contributed by atoms with van der Waals surface area (Å²) in [5.74, 6) is 0.855. The van der Waals surface area contributed by atoms with Crippen molar-refractivity contribution in [3.8, 4) is 0 Å². The lowest BCUT2D eigenvalue weighted by molar-refractivity contribution is 0.589. The smallest absolute Gasteiger partial charge is 0.160 e. The molecule has 0 fully saturated rings. The number of hydrogen-bond acceptors (Lipinski definition) is 5. The second kappa shape index (κ2) is 4.10. The Bertz CT molecular complexity index is 499. The number of sulfone groups is 1. The molecule has 1 aromatic heterocycles. The third kappa shape index (κ3) is 2.38. The lowest BCUT2D eigenvalue weighted by Crippen LogP contribution is -2.24.